The van der Waals surface area contributed by atoms with Crippen LogP contribution in [0.25, 0.3) is 0 Å². The molecule has 0 saturated heterocycles. The Morgan fingerprint density at radius 3 is 2.41 bits per heavy atom. The van der Waals surface area contributed by atoms with Gasteiger partial charge in [-0.2, -0.15) is 0 Å². The molecule has 0 aromatic heterocycles. The van der Waals surface area contributed by atoms with Crippen molar-refractivity contribution in [1.82, 2.24) is 5.32 Å². The van der Waals surface area contributed by atoms with Gasteiger partial charge in [0.2, 0.25) is 0 Å². The summed E-state index contributed by atoms with van der Waals surface area (Å²) in [6.45, 7) is 6.71. The molecule has 0 atom stereocenters. The molecule has 0 aliphatic carbocycles. The second-order valence-corrected chi connectivity index (χ2v) is 7.70. The Hall–Kier alpha value is -3.64. The van der Waals surface area contributed by atoms with E-state index in [0.717, 1.165) is 23.4 Å². The lowest BCUT2D eigenvalue weighted by molar-refractivity contribution is 0.0977. The summed E-state index contributed by atoms with van der Waals surface area (Å²) in [5, 5.41) is 5.90. The predicted octanol–water partition coefficient (Wildman–Crippen LogP) is 5.39. The van der Waals surface area contributed by atoms with Crippen LogP contribution in [0.5, 0.6) is 11.5 Å². The minimum Gasteiger partial charge on any atom is -0.493 e. The molecule has 0 saturated carbocycles. The van der Waals surface area contributed by atoms with Gasteiger partial charge in [-0.1, -0.05) is 43.0 Å². The Kier molecular flexibility index (Phi) is 8.40. The number of nitrogens with one attached hydrogen (secondary N) is 2. The molecule has 1 amide bonds. The lowest BCUT2D eigenvalue weighted by Gasteiger charge is -2.12. The van der Waals surface area contributed by atoms with Crippen molar-refractivity contribution < 1.29 is 14.3 Å². The standard InChI is InChI=1S/C26H26N2O3S/c1-19(2)18-31-23-13-11-22(12-14-23)27-26(32)28-25(29)21-9-6-10-24(17-21)30-16-15-20-7-4-3-5-8-20/h3-14,17H,1,15-16,18H2,2H3,(H2,27,28,29,32). The number of carbonyl (C=O) groups is 1. The normalized spacial score (nSPS) is 10.2. The van der Waals surface area contributed by atoms with Crippen LogP contribution in [-0.4, -0.2) is 24.2 Å². The molecule has 3 aromatic carbocycles. The van der Waals surface area contributed by atoms with Crippen LogP contribution in [0.4, 0.5) is 5.69 Å². The lowest BCUT2D eigenvalue weighted by Crippen LogP contribution is -2.34. The van der Waals surface area contributed by atoms with Crippen LogP contribution < -0.4 is 20.1 Å². The monoisotopic (exact) mass is 446 g/mol. The van der Waals surface area contributed by atoms with Gasteiger partial charge in [-0.25, -0.2) is 0 Å². The highest BCUT2D eigenvalue weighted by atomic mass is 32.1. The first kappa shape index (κ1) is 23.0. The number of amides is 1. The zero-order valence-corrected chi connectivity index (χ0v) is 18.8. The number of anilines is 1. The van der Waals surface area contributed by atoms with Crippen LogP contribution in [-0.2, 0) is 6.42 Å². The topological polar surface area (TPSA) is 59.6 Å². The van der Waals surface area contributed by atoms with E-state index in [1.165, 1.54) is 5.56 Å². The van der Waals surface area contributed by atoms with Gasteiger partial charge in [0, 0.05) is 17.7 Å². The summed E-state index contributed by atoms with van der Waals surface area (Å²) in [6, 6.07) is 24.5. The number of thiocarbonyl (C=S) groups is 1. The van der Waals surface area contributed by atoms with Gasteiger partial charge in [-0.15, -0.1) is 0 Å². The first-order valence-corrected chi connectivity index (χ1v) is 10.7. The molecular formula is C26H26N2O3S. The van der Waals surface area contributed by atoms with Crippen LogP contribution >= 0.6 is 12.2 Å². The minimum atomic E-state index is -0.308. The number of rotatable bonds is 9. The second kappa shape index (κ2) is 11.7. The van der Waals surface area contributed by atoms with E-state index in [1.54, 1.807) is 18.2 Å². The molecule has 0 aliphatic rings. The van der Waals surface area contributed by atoms with E-state index >= 15 is 0 Å². The zero-order valence-electron chi connectivity index (χ0n) is 18.0. The molecule has 5 nitrogen and oxygen atoms in total. The second-order valence-electron chi connectivity index (χ2n) is 7.29. The van der Waals surface area contributed by atoms with Gasteiger partial charge >= 0.3 is 0 Å². The van der Waals surface area contributed by atoms with E-state index in [0.29, 0.717) is 24.5 Å². The van der Waals surface area contributed by atoms with Crippen molar-refractivity contribution in [2.24, 2.45) is 0 Å². The molecular weight excluding hydrogens is 420 g/mol. The van der Waals surface area contributed by atoms with E-state index in [2.05, 4.69) is 29.3 Å². The maximum absolute atomic E-state index is 12.6. The molecule has 0 bridgehead atoms. The fourth-order valence-electron chi connectivity index (χ4n) is 2.84. The third-order valence-corrected chi connectivity index (χ3v) is 4.63. The molecule has 2 N–H and O–H groups in total. The summed E-state index contributed by atoms with van der Waals surface area (Å²) in [5.74, 6) is 1.06. The summed E-state index contributed by atoms with van der Waals surface area (Å²) < 4.78 is 11.4. The van der Waals surface area contributed by atoms with Crippen molar-refractivity contribution in [3.05, 3.63) is 102 Å². The maximum Gasteiger partial charge on any atom is 0.257 e. The van der Waals surface area contributed by atoms with Crippen LogP contribution in [0.1, 0.15) is 22.8 Å². The molecule has 3 aromatic rings. The van der Waals surface area contributed by atoms with Gasteiger partial charge in [0.25, 0.3) is 5.91 Å². The summed E-state index contributed by atoms with van der Waals surface area (Å²) in [5.41, 5.74) is 3.36. The van der Waals surface area contributed by atoms with Crippen molar-refractivity contribution in [1.29, 1.82) is 0 Å². The number of hydrogen-bond acceptors (Lipinski definition) is 4. The minimum absolute atomic E-state index is 0.209. The summed E-state index contributed by atoms with van der Waals surface area (Å²) in [4.78, 5) is 12.6. The smallest absolute Gasteiger partial charge is 0.257 e. The van der Waals surface area contributed by atoms with E-state index in [1.807, 2.05) is 55.5 Å². The van der Waals surface area contributed by atoms with Crippen molar-refractivity contribution in [2.75, 3.05) is 18.5 Å². The summed E-state index contributed by atoms with van der Waals surface area (Å²) in [6.07, 6.45) is 0.794. The molecule has 0 unspecified atom stereocenters. The van der Waals surface area contributed by atoms with Crippen molar-refractivity contribution in [3.63, 3.8) is 0 Å². The zero-order chi connectivity index (χ0) is 22.8. The van der Waals surface area contributed by atoms with Gasteiger partial charge in [-0.3, -0.25) is 10.1 Å². The SMILES string of the molecule is C=C(C)COc1ccc(NC(=S)NC(=O)c2cccc(OCCc3ccccc3)c2)cc1. The van der Waals surface area contributed by atoms with Gasteiger partial charge in [0.15, 0.2) is 5.11 Å². The average molecular weight is 447 g/mol. The molecule has 0 heterocycles. The van der Waals surface area contributed by atoms with Gasteiger partial charge in [0.1, 0.15) is 18.1 Å². The van der Waals surface area contributed by atoms with E-state index < -0.39 is 0 Å². The van der Waals surface area contributed by atoms with Crippen LogP contribution in [0.3, 0.4) is 0 Å². The summed E-state index contributed by atoms with van der Waals surface area (Å²) >= 11 is 5.27. The first-order valence-electron chi connectivity index (χ1n) is 10.3. The lowest BCUT2D eigenvalue weighted by atomic mass is 10.2. The Bertz CT molecular complexity index is 1070. The molecule has 164 valence electrons. The van der Waals surface area contributed by atoms with Crippen molar-refractivity contribution in [2.45, 2.75) is 13.3 Å². The van der Waals surface area contributed by atoms with Crippen LogP contribution in [0.15, 0.2) is 91.0 Å². The van der Waals surface area contributed by atoms with Gasteiger partial charge in [0.05, 0.1) is 6.61 Å². The predicted molar refractivity (Wildman–Crippen MR) is 133 cm³/mol. The van der Waals surface area contributed by atoms with E-state index in [4.69, 9.17) is 21.7 Å². The first-order chi connectivity index (χ1) is 15.5. The Morgan fingerprint density at radius 1 is 0.938 bits per heavy atom. The van der Waals surface area contributed by atoms with Crippen molar-refractivity contribution >= 4 is 28.9 Å². The fraction of sp³-hybridized carbons (Fsp3) is 0.154. The highest BCUT2D eigenvalue weighted by Crippen LogP contribution is 2.17. The quantitative estimate of drug-likeness (QED) is 0.341. The number of benzene rings is 3. The Labute approximate surface area is 194 Å². The Balaban J connectivity index is 1.48. The molecule has 32 heavy (non-hydrogen) atoms. The van der Waals surface area contributed by atoms with E-state index in [9.17, 15) is 4.79 Å². The van der Waals surface area contributed by atoms with Crippen molar-refractivity contribution in [3.8, 4) is 11.5 Å². The number of ether oxygens (including phenoxy) is 2. The average Bonchev–Trinajstić information content (AvgIpc) is 2.79. The van der Waals surface area contributed by atoms with Crippen LogP contribution in [0, 0.1) is 0 Å². The largest absolute Gasteiger partial charge is 0.493 e. The van der Waals surface area contributed by atoms with Crippen LogP contribution in [0.2, 0.25) is 0 Å². The Morgan fingerprint density at radius 2 is 1.69 bits per heavy atom. The number of carbonyl (C=O) groups excluding carboxylic acids is 1. The highest BCUT2D eigenvalue weighted by molar-refractivity contribution is 7.80. The highest BCUT2D eigenvalue weighted by Gasteiger charge is 2.09. The molecule has 0 fully saturated rings. The van der Waals surface area contributed by atoms with Gasteiger partial charge in [-0.05, 0) is 72.7 Å². The molecule has 6 heteroatoms. The third kappa shape index (κ3) is 7.56. The molecule has 0 radical (unpaired) electrons. The third-order valence-electron chi connectivity index (χ3n) is 4.42. The molecule has 3 rings (SSSR count). The molecule has 0 aliphatic heterocycles. The van der Waals surface area contributed by atoms with E-state index in [-0.39, 0.29) is 11.0 Å². The van der Waals surface area contributed by atoms with Gasteiger partial charge < -0.3 is 14.8 Å². The fourth-order valence-corrected chi connectivity index (χ4v) is 3.05. The summed E-state index contributed by atoms with van der Waals surface area (Å²) in [7, 11) is 0. The number of hydrogen-bond donors (Lipinski definition) is 2. The maximum atomic E-state index is 12.6. The molecule has 0 spiro atoms.